The van der Waals surface area contributed by atoms with E-state index in [-0.39, 0.29) is 18.2 Å². The molecule has 1 N–H and O–H groups in total. The second-order valence-electron chi connectivity index (χ2n) is 6.74. The number of aryl methyl sites for hydroxylation is 2. The molecule has 0 atom stereocenters. The topological polar surface area (TPSA) is 84.7 Å². The van der Waals surface area contributed by atoms with Gasteiger partial charge in [0.2, 0.25) is 0 Å². The molecule has 0 aliphatic carbocycles. The average molecular weight is 369 g/mol. The van der Waals surface area contributed by atoms with Gasteiger partial charge in [0.1, 0.15) is 5.75 Å². The third-order valence-electron chi connectivity index (χ3n) is 4.66. The number of nitrogens with one attached hydrogen (secondary N) is 1. The van der Waals surface area contributed by atoms with Gasteiger partial charge in [0.25, 0.3) is 11.6 Å². The predicted octanol–water partition coefficient (Wildman–Crippen LogP) is 3.83. The van der Waals surface area contributed by atoms with Gasteiger partial charge in [-0.1, -0.05) is 0 Å². The number of nitrogens with zero attached hydrogens (tertiary/aromatic N) is 2. The van der Waals surface area contributed by atoms with Gasteiger partial charge >= 0.3 is 0 Å². The minimum atomic E-state index is -0.444. The first-order valence-electron chi connectivity index (χ1n) is 8.97. The van der Waals surface area contributed by atoms with Crippen molar-refractivity contribution >= 4 is 23.0 Å². The Morgan fingerprint density at radius 3 is 2.52 bits per heavy atom. The molecule has 2 aromatic rings. The van der Waals surface area contributed by atoms with Gasteiger partial charge in [-0.25, -0.2) is 0 Å². The lowest BCUT2D eigenvalue weighted by atomic mass is 10.1. The van der Waals surface area contributed by atoms with Gasteiger partial charge in [0.05, 0.1) is 4.92 Å². The number of nitro groups is 1. The van der Waals surface area contributed by atoms with Crippen LogP contribution in [0.3, 0.4) is 0 Å². The van der Waals surface area contributed by atoms with E-state index in [1.165, 1.54) is 30.7 Å². The fourth-order valence-corrected chi connectivity index (χ4v) is 3.31. The third kappa shape index (κ3) is 4.55. The number of anilines is 2. The summed E-state index contributed by atoms with van der Waals surface area (Å²) in [4.78, 5) is 24.9. The second-order valence-corrected chi connectivity index (χ2v) is 6.74. The van der Waals surface area contributed by atoms with Gasteiger partial charge in [0.15, 0.2) is 6.61 Å². The number of carbonyl (C=O) groups is 1. The fourth-order valence-electron chi connectivity index (χ4n) is 3.31. The first-order valence-corrected chi connectivity index (χ1v) is 8.97. The second kappa shape index (κ2) is 8.07. The standard InChI is InChI=1S/C20H23N3O4/c1-14-11-16(5-7-18(14)22-9-3-4-10-22)21-20(24)13-27-17-6-8-19(23(25)26)15(2)12-17/h5-8,11-12H,3-4,9-10,13H2,1-2H3,(H,21,24). The summed E-state index contributed by atoms with van der Waals surface area (Å²) in [5, 5.41) is 13.7. The van der Waals surface area contributed by atoms with E-state index in [4.69, 9.17) is 4.74 Å². The molecule has 1 aliphatic heterocycles. The number of ether oxygens (including phenoxy) is 1. The maximum absolute atomic E-state index is 12.1. The van der Waals surface area contributed by atoms with Gasteiger partial charge in [0, 0.05) is 36.1 Å². The van der Waals surface area contributed by atoms with Gasteiger partial charge in [-0.2, -0.15) is 0 Å². The lowest BCUT2D eigenvalue weighted by Crippen LogP contribution is -2.21. The van der Waals surface area contributed by atoms with Crippen molar-refractivity contribution in [1.29, 1.82) is 0 Å². The number of amides is 1. The molecule has 1 amide bonds. The van der Waals surface area contributed by atoms with Crippen molar-refractivity contribution in [3.05, 3.63) is 57.6 Å². The van der Waals surface area contributed by atoms with Crippen LogP contribution < -0.4 is 15.0 Å². The molecule has 142 valence electrons. The summed E-state index contributed by atoms with van der Waals surface area (Å²) in [5.74, 6) is 0.146. The van der Waals surface area contributed by atoms with Crippen molar-refractivity contribution in [1.82, 2.24) is 0 Å². The fraction of sp³-hybridized carbons (Fsp3) is 0.350. The number of hydrogen-bond donors (Lipinski definition) is 1. The number of benzene rings is 2. The highest BCUT2D eigenvalue weighted by Gasteiger charge is 2.15. The maximum Gasteiger partial charge on any atom is 0.272 e. The smallest absolute Gasteiger partial charge is 0.272 e. The molecule has 0 unspecified atom stereocenters. The Kier molecular flexibility index (Phi) is 5.59. The summed E-state index contributed by atoms with van der Waals surface area (Å²) < 4.78 is 5.45. The highest BCUT2D eigenvalue weighted by atomic mass is 16.6. The summed E-state index contributed by atoms with van der Waals surface area (Å²) >= 11 is 0. The lowest BCUT2D eigenvalue weighted by molar-refractivity contribution is -0.385. The molecule has 0 saturated carbocycles. The summed E-state index contributed by atoms with van der Waals surface area (Å²) in [5.41, 5.74) is 3.58. The van der Waals surface area contributed by atoms with Crippen LogP contribution in [0, 0.1) is 24.0 Å². The molecule has 1 fully saturated rings. The van der Waals surface area contributed by atoms with E-state index in [2.05, 4.69) is 10.2 Å². The van der Waals surface area contributed by atoms with E-state index in [0.29, 0.717) is 11.3 Å². The first kappa shape index (κ1) is 18.7. The van der Waals surface area contributed by atoms with Gasteiger partial charge in [-0.3, -0.25) is 14.9 Å². The molecule has 2 aromatic carbocycles. The van der Waals surface area contributed by atoms with E-state index in [1.54, 1.807) is 13.0 Å². The van der Waals surface area contributed by atoms with Crippen LogP contribution in [-0.4, -0.2) is 30.5 Å². The third-order valence-corrected chi connectivity index (χ3v) is 4.66. The Hall–Kier alpha value is -3.09. The average Bonchev–Trinajstić information content (AvgIpc) is 3.14. The van der Waals surface area contributed by atoms with Crippen molar-refractivity contribution in [3.63, 3.8) is 0 Å². The van der Waals surface area contributed by atoms with E-state index >= 15 is 0 Å². The molecule has 0 aromatic heterocycles. The molecule has 3 rings (SSSR count). The first-order chi connectivity index (χ1) is 12.9. The van der Waals surface area contributed by atoms with Crippen LogP contribution in [0.5, 0.6) is 5.75 Å². The summed E-state index contributed by atoms with van der Waals surface area (Å²) in [6.45, 7) is 5.67. The summed E-state index contributed by atoms with van der Waals surface area (Å²) in [7, 11) is 0. The highest BCUT2D eigenvalue weighted by molar-refractivity contribution is 5.92. The van der Waals surface area contributed by atoms with Crippen LogP contribution in [0.2, 0.25) is 0 Å². The zero-order valence-corrected chi connectivity index (χ0v) is 15.5. The van der Waals surface area contributed by atoms with Crippen LogP contribution in [0.25, 0.3) is 0 Å². The zero-order valence-electron chi connectivity index (χ0n) is 15.5. The number of rotatable bonds is 6. The Balaban J connectivity index is 1.57. The van der Waals surface area contributed by atoms with Crippen LogP contribution in [0.15, 0.2) is 36.4 Å². The van der Waals surface area contributed by atoms with E-state index in [0.717, 1.165) is 24.3 Å². The van der Waals surface area contributed by atoms with Crippen LogP contribution in [-0.2, 0) is 4.79 Å². The molecule has 1 saturated heterocycles. The van der Waals surface area contributed by atoms with Crippen LogP contribution in [0.4, 0.5) is 17.1 Å². The number of carbonyl (C=O) groups excluding carboxylic acids is 1. The van der Waals surface area contributed by atoms with Crippen molar-refractivity contribution in [2.45, 2.75) is 26.7 Å². The van der Waals surface area contributed by atoms with Gasteiger partial charge in [-0.05, 0) is 62.6 Å². The Labute approximate surface area is 158 Å². The molecule has 1 aliphatic rings. The van der Waals surface area contributed by atoms with Crippen molar-refractivity contribution in [2.75, 3.05) is 29.9 Å². The Bertz CT molecular complexity index is 860. The summed E-state index contributed by atoms with van der Waals surface area (Å²) in [6.07, 6.45) is 2.44. The molecule has 0 spiro atoms. The van der Waals surface area contributed by atoms with E-state index in [9.17, 15) is 14.9 Å². The number of hydrogen-bond acceptors (Lipinski definition) is 5. The Morgan fingerprint density at radius 2 is 1.89 bits per heavy atom. The van der Waals surface area contributed by atoms with Crippen LogP contribution in [0.1, 0.15) is 24.0 Å². The molecule has 0 radical (unpaired) electrons. The molecule has 27 heavy (non-hydrogen) atoms. The quantitative estimate of drug-likeness (QED) is 0.618. The van der Waals surface area contributed by atoms with Crippen molar-refractivity contribution in [3.8, 4) is 5.75 Å². The predicted molar refractivity (Wildman–Crippen MR) is 105 cm³/mol. The SMILES string of the molecule is Cc1cc(NC(=O)COc2ccc([N+](=O)[O-])c(C)c2)ccc1N1CCCC1. The van der Waals surface area contributed by atoms with Crippen LogP contribution >= 0.6 is 0 Å². The lowest BCUT2D eigenvalue weighted by Gasteiger charge is -2.20. The molecule has 0 bridgehead atoms. The Morgan fingerprint density at radius 1 is 1.15 bits per heavy atom. The largest absolute Gasteiger partial charge is 0.484 e. The monoisotopic (exact) mass is 369 g/mol. The minimum absolute atomic E-state index is 0.0281. The summed E-state index contributed by atoms with van der Waals surface area (Å²) in [6, 6.07) is 10.3. The van der Waals surface area contributed by atoms with Crippen molar-refractivity contribution in [2.24, 2.45) is 0 Å². The highest BCUT2D eigenvalue weighted by Crippen LogP contribution is 2.27. The van der Waals surface area contributed by atoms with Gasteiger partial charge < -0.3 is 15.0 Å². The molecule has 7 heteroatoms. The van der Waals surface area contributed by atoms with E-state index < -0.39 is 4.92 Å². The minimum Gasteiger partial charge on any atom is -0.484 e. The zero-order chi connectivity index (χ0) is 19.4. The normalized spacial score (nSPS) is 13.5. The molecular weight excluding hydrogens is 346 g/mol. The molecular formula is C20H23N3O4. The van der Waals surface area contributed by atoms with Crippen molar-refractivity contribution < 1.29 is 14.5 Å². The molecule has 1 heterocycles. The van der Waals surface area contributed by atoms with E-state index in [1.807, 2.05) is 25.1 Å². The van der Waals surface area contributed by atoms with Gasteiger partial charge in [-0.15, -0.1) is 0 Å². The number of nitro benzene ring substituents is 1. The maximum atomic E-state index is 12.1. The molecule has 7 nitrogen and oxygen atoms in total.